The topological polar surface area (TPSA) is 56.8 Å². The zero-order valence-electron chi connectivity index (χ0n) is 12.6. The van der Waals surface area contributed by atoms with Gasteiger partial charge in [0.2, 0.25) is 0 Å². The highest BCUT2D eigenvalue weighted by Gasteiger charge is 2.41. The maximum absolute atomic E-state index is 11.6. The van der Waals surface area contributed by atoms with Crippen LogP contribution >= 0.6 is 11.8 Å². The van der Waals surface area contributed by atoms with Gasteiger partial charge in [-0.3, -0.25) is 0 Å². The summed E-state index contributed by atoms with van der Waals surface area (Å²) < 4.78 is 16.8. The van der Waals surface area contributed by atoms with Crippen LogP contribution in [-0.4, -0.2) is 48.2 Å². The number of alkyl carbamates (subject to hydrolysis) is 1. The van der Waals surface area contributed by atoms with Crippen molar-refractivity contribution >= 4 is 17.9 Å². The molecule has 1 amide bonds. The fourth-order valence-corrected chi connectivity index (χ4v) is 2.50. The minimum atomic E-state index is -0.597. The van der Waals surface area contributed by atoms with E-state index in [2.05, 4.69) is 5.32 Å². The molecule has 0 unspecified atom stereocenters. The fourth-order valence-electron chi connectivity index (χ4n) is 1.89. The van der Waals surface area contributed by atoms with Crippen molar-refractivity contribution in [2.45, 2.75) is 58.2 Å². The van der Waals surface area contributed by atoms with Gasteiger partial charge in [-0.1, -0.05) is 0 Å². The number of amides is 1. The largest absolute Gasteiger partial charge is 0.444 e. The fraction of sp³-hybridized carbons (Fsp3) is 0.923. The van der Waals surface area contributed by atoms with Gasteiger partial charge in [0.15, 0.2) is 5.79 Å². The number of hydrogen-bond donors (Lipinski definition) is 1. The summed E-state index contributed by atoms with van der Waals surface area (Å²) in [5.74, 6) is 0.241. The van der Waals surface area contributed by atoms with E-state index in [0.717, 1.165) is 5.75 Å². The van der Waals surface area contributed by atoms with Crippen molar-refractivity contribution < 1.29 is 19.0 Å². The first kappa shape index (κ1) is 16.6. The smallest absolute Gasteiger partial charge is 0.407 e. The lowest BCUT2D eigenvalue weighted by atomic mass is 10.2. The summed E-state index contributed by atoms with van der Waals surface area (Å²) in [6.45, 7) is 9.66. The zero-order chi connectivity index (χ0) is 14.7. The Bertz CT molecular complexity index is 314. The minimum Gasteiger partial charge on any atom is -0.444 e. The monoisotopic (exact) mass is 291 g/mol. The summed E-state index contributed by atoms with van der Waals surface area (Å²) in [5.41, 5.74) is -0.491. The number of carbonyl (C=O) groups excluding carboxylic acids is 1. The first-order valence-corrected chi connectivity index (χ1v) is 7.84. The third-order valence-electron chi connectivity index (χ3n) is 2.46. The third kappa shape index (κ3) is 6.01. The van der Waals surface area contributed by atoms with Gasteiger partial charge < -0.3 is 19.5 Å². The molecule has 2 atom stereocenters. The van der Waals surface area contributed by atoms with Crippen LogP contribution < -0.4 is 5.32 Å². The molecule has 0 bridgehead atoms. The van der Waals surface area contributed by atoms with Crippen molar-refractivity contribution in [3.05, 3.63) is 0 Å². The number of thioether (sulfide) groups is 1. The second-order valence-corrected chi connectivity index (χ2v) is 6.96. The Labute approximate surface area is 119 Å². The first-order chi connectivity index (χ1) is 8.63. The molecule has 0 aromatic carbocycles. The number of rotatable bonds is 4. The number of ether oxygens (including phenoxy) is 3. The van der Waals surface area contributed by atoms with Gasteiger partial charge >= 0.3 is 6.09 Å². The molecule has 1 N–H and O–H groups in total. The Kier molecular flexibility index (Phi) is 5.53. The summed E-state index contributed by atoms with van der Waals surface area (Å²) in [6.07, 6.45) is 1.44. The molecular formula is C13H25NO4S. The summed E-state index contributed by atoms with van der Waals surface area (Å²) in [7, 11) is 0. The van der Waals surface area contributed by atoms with Crippen molar-refractivity contribution in [3.63, 3.8) is 0 Å². The minimum absolute atomic E-state index is 0.0139. The van der Waals surface area contributed by atoms with Crippen LogP contribution in [0.25, 0.3) is 0 Å². The molecule has 0 saturated carbocycles. The van der Waals surface area contributed by atoms with Gasteiger partial charge in [-0.25, -0.2) is 4.79 Å². The van der Waals surface area contributed by atoms with Crippen LogP contribution in [-0.2, 0) is 14.2 Å². The molecule has 0 spiro atoms. The lowest BCUT2D eigenvalue weighted by molar-refractivity contribution is -0.144. The van der Waals surface area contributed by atoms with Crippen LogP contribution in [0.5, 0.6) is 0 Å². The molecule has 0 aromatic rings. The van der Waals surface area contributed by atoms with Crippen LogP contribution in [0.3, 0.4) is 0 Å². The maximum Gasteiger partial charge on any atom is 0.407 e. The van der Waals surface area contributed by atoms with Crippen LogP contribution in [0, 0.1) is 0 Å². The summed E-state index contributed by atoms with van der Waals surface area (Å²) in [5, 5.41) is 2.73. The predicted molar refractivity (Wildman–Crippen MR) is 76.4 cm³/mol. The van der Waals surface area contributed by atoms with E-state index >= 15 is 0 Å². The van der Waals surface area contributed by atoms with Crippen LogP contribution in [0.15, 0.2) is 0 Å². The molecule has 1 aliphatic heterocycles. The van der Waals surface area contributed by atoms with Crippen molar-refractivity contribution in [2.24, 2.45) is 0 Å². The molecule has 6 heteroatoms. The third-order valence-corrected chi connectivity index (χ3v) is 3.12. The normalized spacial score (nSPS) is 26.2. The van der Waals surface area contributed by atoms with Crippen LogP contribution in [0.4, 0.5) is 4.79 Å². The van der Waals surface area contributed by atoms with E-state index in [1.165, 1.54) is 0 Å². The SMILES string of the molecule is CSC[C@@H]1OC(C)(C)O[C@H]1CNC(=O)OC(C)(C)C. The number of nitrogens with one attached hydrogen (secondary N) is 1. The van der Waals surface area contributed by atoms with Crippen molar-refractivity contribution in [3.8, 4) is 0 Å². The lowest BCUT2D eigenvalue weighted by Gasteiger charge is -2.21. The van der Waals surface area contributed by atoms with E-state index in [1.807, 2.05) is 40.9 Å². The van der Waals surface area contributed by atoms with Crippen LogP contribution in [0.1, 0.15) is 34.6 Å². The molecule has 0 aliphatic carbocycles. The lowest BCUT2D eigenvalue weighted by Crippen LogP contribution is -2.40. The molecule has 1 heterocycles. The highest BCUT2D eigenvalue weighted by atomic mass is 32.2. The molecule has 1 aliphatic rings. The van der Waals surface area contributed by atoms with E-state index in [-0.39, 0.29) is 12.2 Å². The van der Waals surface area contributed by atoms with Gasteiger partial charge in [-0.2, -0.15) is 11.8 Å². The Morgan fingerprint density at radius 3 is 2.42 bits per heavy atom. The first-order valence-electron chi connectivity index (χ1n) is 6.44. The molecule has 19 heavy (non-hydrogen) atoms. The summed E-state index contributed by atoms with van der Waals surface area (Å²) in [4.78, 5) is 11.6. The molecule has 5 nitrogen and oxygen atoms in total. The van der Waals surface area contributed by atoms with E-state index < -0.39 is 17.5 Å². The van der Waals surface area contributed by atoms with Gasteiger partial charge in [0.1, 0.15) is 11.7 Å². The van der Waals surface area contributed by atoms with Crippen molar-refractivity contribution in [1.29, 1.82) is 0 Å². The molecular weight excluding hydrogens is 266 g/mol. The molecule has 0 aromatic heterocycles. The molecule has 112 valence electrons. The van der Waals surface area contributed by atoms with Gasteiger partial charge in [-0.05, 0) is 40.9 Å². The summed E-state index contributed by atoms with van der Waals surface area (Å²) >= 11 is 1.70. The Balaban J connectivity index is 2.44. The van der Waals surface area contributed by atoms with E-state index in [0.29, 0.717) is 6.54 Å². The molecule has 1 rings (SSSR count). The van der Waals surface area contributed by atoms with Gasteiger partial charge in [0.05, 0.1) is 6.10 Å². The van der Waals surface area contributed by atoms with E-state index in [4.69, 9.17) is 14.2 Å². The van der Waals surface area contributed by atoms with Gasteiger partial charge in [0.25, 0.3) is 0 Å². The van der Waals surface area contributed by atoms with Crippen molar-refractivity contribution in [1.82, 2.24) is 5.32 Å². The zero-order valence-corrected chi connectivity index (χ0v) is 13.4. The highest BCUT2D eigenvalue weighted by molar-refractivity contribution is 7.98. The maximum atomic E-state index is 11.6. The Morgan fingerprint density at radius 2 is 1.89 bits per heavy atom. The number of carbonyl (C=O) groups is 1. The van der Waals surface area contributed by atoms with Crippen LogP contribution in [0.2, 0.25) is 0 Å². The second kappa shape index (κ2) is 6.33. The Morgan fingerprint density at radius 1 is 1.32 bits per heavy atom. The van der Waals surface area contributed by atoms with Gasteiger partial charge in [-0.15, -0.1) is 0 Å². The van der Waals surface area contributed by atoms with E-state index in [1.54, 1.807) is 11.8 Å². The molecule has 1 saturated heterocycles. The van der Waals surface area contributed by atoms with Crippen molar-refractivity contribution in [2.75, 3.05) is 18.6 Å². The second-order valence-electron chi connectivity index (χ2n) is 6.05. The molecule has 0 radical (unpaired) electrons. The van der Waals surface area contributed by atoms with Gasteiger partial charge in [0, 0.05) is 12.3 Å². The highest BCUT2D eigenvalue weighted by Crippen LogP contribution is 2.29. The average molecular weight is 291 g/mol. The average Bonchev–Trinajstić information content (AvgIpc) is 2.48. The quantitative estimate of drug-likeness (QED) is 0.862. The predicted octanol–water partition coefficient (Wildman–Crippen LogP) is 2.39. The number of hydrogen-bond acceptors (Lipinski definition) is 5. The Hall–Kier alpha value is -0.460. The summed E-state index contributed by atoms with van der Waals surface area (Å²) in [6, 6.07) is 0. The molecule has 1 fully saturated rings. The van der Waals surface area contributed by atoms with E-state index in [9.17, 15) is 4.79 Å². The standard InChI is InChI=1S/C13H25NO4S/c1-12(2,3)18-11(15)14-7-9-10(8-19-6)17-13(4,5)16-9/h9-10H,7-8H2,1-6H3,(H,14,15)/t9-,10-/m0/s1.